The van der Waals surface area contributed by atoms with E-state index in [1.807, 2.05) is 6.92 Å². The summed E-state index contributed by atoms with van der Waals surface area (Å²) in [5.74, 6) is 0. The van der Waals surface area contributed by atoms with Crippen LogP contribution in [0.3, 0.4) is 0 Å². The summed E-state index contributed by atoms with van der Waals surface area (Å²) in [5.41, 5.74) is 0. The van der Waals surface area contributed by atoms with Gasteiger partial charge in [-0.2, -0.15) is 0 Å². The summed E-state index contributed by atoms with van der Waals surface area (Å²) >= 11 is 0. The van der Waals surface area contributed by atoms with Gasteiger partial charge >= 0.3 is 0 Å². The molecule has 0 aromatic carbocycles. The van der Waals surface area contributed by atoms with Gasteiger partial charge in [-0.05, 0) is 6.92 Å². The van der Waals surface area contributed by atoms with Crippen LogP contribution >= 0.6 is 0 Å². The topological polar surface area (TPSA) is 23.2 Å². The highest BCUT2D eigenvalue weighted by atomic mass is 16.3. The van der Waals surface area contributed by atoms with Crippen molar-refractivity contribution in [2.45, 2.75) is 13.0 Å². The van der Waals surface area contributed by atoms with E-state index in [-0.39, 0.29) is 0 Å². The molecule has 0 amide bonds. The van der Waals surface area contributed by atoms with Crippen LogP contribution in [-0.2, 0) is 0 Å². The average molecular weight is 101 g/mol. The molecule has 1 atom stereocenters. The Morgan fingerprint density at radius 3 is 2.43 bits per heavy atom. The SMILES string of the molecule is C[C@H](CO)N1CC1. The molecule has 1 rings (SSSR count). The van der Waals surface area contributed by atoms with Gasteiger partial charge in [0.2, 0.25) is 0 Å². The molecule has 42 valence electrons. The Morgan fingerprint density at radius 2 is 2.29 bits per heavy atom. The number of nitrogens with zero attached hydrogens (tertiary/aromatic N) is 1. The largest absolute Gasteiger partial charge is 0.395 e. The van der Waals surface area contributed by atoms with Crippen molar-refractivity contribution < 1.29 is 5.11 Å². The summed E-state index contributed by atoms with van der Waals surface area (Å²) in [4.78, 5) is 2.22. The number of hydrogen-bond acceptors (Lipinski definition) is 2. The molecule has 2 nitrogen and oxygen atoms in total. The maximum atomic E-state index is 8.50. The minimum atomic E-state index is 0.306. The lowest BCUT2D eigenvalue weighted by Crippen LogP contribution is -2.17. The van der Waals surface area contributed by atoms with Crippen LogP contribution in [-0.4, -0.2) is 35.7 Å². The van der Waals surface area contributed by atoms with Crippen molar-refractivity contribution in [2.75, 3.05) is 19.7 Å². The number of rotatable bonds is 2. The van der Waals surface area contributed by atoms with Gasteiger partial charge in [0.05, 0.1) is 6.61 Å². The van der Waals surface area contributed by atoms with Gasteiger partial charge in [0.1, 0.15) is 0 Å². The standard InChI is InChI=1S/C5H11NO/c1-5(4-7)6-2-3-6/h5,7H,2-4H2,1H3/t5-/m1/s1. The second-order valence-corrected chi connectivity index (χ2v) is 2.07. The molecule has 0 aromatic heterocycles. The van der Waals surface area contributed by atoms with Crippen LogP contribution in [0.1, 0.15) is 6.92 Å². The highest BCUT2D eigenvalue weighted by molar-refractivity contribution is 4.77. The Morgan fingerprint density at radius 1 is 1.71 bits per heavy atom. The second-order valence-electron chi connectivity index (χ2n) is 2.07. The molecule has 1 aliphatic rings. The fourth-order valence-electron chi connectivity index (χ4n) is 0.614. The van der Waals surface area contributed by atoms with Crippen LogP contribution < -0.4 is 0 Å². The third kappa shape index (κ3) is 1.14. The summed E-state index contributed by atoms with van der Waals surface area (Å²) in [5, 5.41) is 8.50. The molecule has 1 saturated heterocycles. The molecule has 0 aromatic rings. The van der Waals surface area contributed by atoms with E-state index in [1.165, 1.54) is 13.1 Å². The van der Waals surface area contributed by atoms with Crippen LogP contribution in [0.15, 0.2) is 0 Å². The van der Waals surface area contributed by atoms with Gasteiger partial charge in [0.25, 0.3) is 0 Å². The van der Waals surface area contributed by atoms with E-state index in [4.69, 9.17) is 5.11 Å². The molecule has 0 spiro atoms. The normalized spacial score (nSPS) is 24.9. The Hall–Kier alpha value is -0.0800. The predicted molar refractivity (Wildman–Crippen MR) is 28.1 cm³/mol. The summed E-state index contributed by atoms with van der Waals surface area (Å²) in [6.45, 7) is 4.70. The van der Waals surface area contributed by atoms with E-state index < -0.39 is 0 Å². The first kappa shape index (κ1) is 5.06. The Labute approximate surface area is 43.7 Å². The summed E-state index contributed by atoms with van der Waals surface area (Å²) in [7, 11) is 0. The summed E-state index contributed by atoms with van der Waals surface area (Å²) in [6.07, 6.45) is 0. The van der Waals surface area contributed by atoms with Crippen LogP contribution in [0.5, 0.6) is 0 Å². The Balaban J connectivity index is 2.10. The average Bonchev–Trinajstić information content (AvgIpc) is 2.44. The molecule has 0 unspecified atom stereocenters. The van der Waals surface area contributed by atoms with Gasteiger partial charge in [-0.3, -0.25) is 4.90 Å². The van der Waals surface area contributed by atoms with Crippen molar-refractivity contribution in [1.29, 1.82) is 0 Å². The first-order chi connectivity index (χ1) is 3.34. The number of aliphatic hydroxyl groups excluding tert-OH is 1. The zero-order chi connectivity index (χ0) is 5.28. The zero-order valence-electron chi connectivity index (χ0n) is 4.59. The molecule has 0 bridgehead atoms. The first-order valence-corrected chi connectivity index (χ1v) is 2.69. The molecule has 7 heavy (non-hydrogen) atoms. The molecular weight excluding hydrogens is 90.1 g/mol. The molecule has 2 heteroatoms. The predicted octanol–water partition coefficient (Wildman–Crippen LogP) is -0.317. The minimum absolute atomic E-state index is 0.306. The molecule has 1 heterocycles. The fraction of sp³-hybridized carbons (Fsp3) is 1.00. The van der Waals surface area contributed by atoms with Crippen molar-refractivity contribution in [3.8, 4) is 0 Å². The molecule has 0 saturated carbocycles. The van der Waals surface area contributed by atoms with Crippen molar-refractivity contribution in [3.63, 3.8) is 0 Å². The third-order valence-corrected chi connectivity index (χ3v) is 1.37. The van der Waals surface area contributed by atoms with E-state index >= 15 is 0 Å². The Kier molecular flexibility index (Phi) is 1.30. The molecular formula is C5H11NO. The maximum Gasteiger partial charge on any atom is 0.0584 e. The van der Waals surface area contributed by atoms with E-state index in [2.05, 4.69) is 4.90 Å². The van der Waals surface area contributed by atoms with Gasteiger partial charge in [-0.25, -0.2) is 0 Å². The van der Waals surface area contributed by atoms with Crippen LogP contribution in [0.25, 0.3) is 0 Å². The smallest absolute Gasteiger partial charge is 0.0584 e. The number of hydrogen-bond donors (Lipinski definition) is 1. The molecule has 1 N–H and O–H groups in total. The van der Waals surface area contributed by atoms with E-state index in [9.17, 15) is 0 Å². The lowest BCUT2D eigenvalue weighted by atomic mass is 10.4. The maximum absolute atomic E-state index is 8.50. The Bertz CT molecular complexity index is 61.1. The van der Waals surface area contributed by atoms with E-state index in [1.54, 1.807) is 0 Å². The minimum Gasteiger partial charge on any atom is -0.395 e. The van der Waals surface area contributed by atoms with Gasteiger partial charge in [0, 0.05) is 19.1 Å². The highest BCUT2D eigenvalue weighted by Gasteiger charge is 2.22. The van der Waals surface area contributed by atoms with Crippen molar-refractivity contribution in [1.82, 2.24) is 4.90 Å². The van der Waals surface area contributed by atoms with Gasteiger partial charge in [-0.15, -0.1) is 0 Å². The second kappa shape index (κ2) is 1.80. The molecule has 1 fully saturated rings. The zero-order valence-corrected chi connectivity index (χ0v) is 4.59. The molecule has 0 radical (unpaired) electrons. The van der Waals surface area contributed by atoms with Gasteiger partial charge in [0.15, 0.2) is 0 Å². The lowest BCUT2D eigenvalue weighted by molar-refractivity contribution is 0.218. The van der Waals surface area contributed by atoms with Crippen molar-refractivity contribution >= 4 is 0 Å². The lowest BCUT2D eigenvalue weighted by Gasteiger charge is -2.05. The summed E-state index contributed by atoms with van der Waals surface area (Å²) in [6, 6.07) is 0.403. The quantitative estimate of drug-likeness (QED) is 0.482. The van der Waals surface area contributed by atoms with E-state index in [0.717, 1.165) is 0 Å². The number of aliphatic hydroxyl groups is 1. The first-order valence-electron chi connectivity index (χ1n) is 2.69. The highest BCUT2D eigenvalue weighted by Crippen LogP contribution is 2.07. The van der Waals surface area contributed by atoms with Crippen LogP contribution in [0, 0.1) is 0 Å². The van der Waals surface area contributed by atoms with E-state index in [0.29, 0.717) is 12.6 Å². The van der Waals surface area contributed by atoms with Gasteiger partial charge < -0.3 is 5.11 Å². The fourth-order valence-corrected chi connectivity index (χ4v) is 0.614. The molecule has 0 aliphatic carbocycles. The van der Waals surface area contributed by atoms with Crippen LogP contribution in [0.2, 0.25) is 0 Å². The summed E-state index contributed by atoms with van der Waals surface area (Å²) < 4.78 is 0. The monoisotopic (exact) mass is 101 g/mol. The third-order valence-electron chi connectivity index (χ3n) is 1.37. The van der Waals surface area contributed by atoms with Gasteiger partial charge in [-0.1, -0.05) is 0 Å². The van der Waals surface area contributed by atoms with Crippen molar-refractivity contribution in [2.24, 2.45) is 0 Å². The van der Waals surface area contributed by atoms with Crippen molar-refractivity contribution in [3.05, 3.63) is 0 Å². The molecule has 1 aliphatic heterocycles. The van der Waals surface area contributed by atoms with Crippen LogP contribution in [0.4, 0.5) is 0 Å².